The highest BCUT2D eigenvalue weighted by atomic mass is 32.2. The van der Waals surface area contributed by atoms with Crippen LogP contribution in [0.15, 0.2) is 24.3 Å². The second-order valence-electron chi connectivity index (χ2n) is 5.51. The molecule has 0 saturated heterocycles. The third-order valence-corrected chi connectivity index (χ3v) is 5.57. The lowest BCUT2D eigenvalue weighted by Gasteiger charge is -2.27. The molecule has 1 aliphatic carbocycles. The Balaban J connectivity index is 1.95. The first kappa shape index (κ1) is 15.9. The number of rotatable bonds is 6. The summed E-state index contributed by atoms with van der Waals surface area (Å²) in [7, 11) is 0. The molecule has 1 aromatic rings. The molecule has 0 spiro atoms. The molecule has 0 heterocycles. The Hall–Kier alpha value is -1.49. The third kappa shape index (κ3) is 4.00. The van der Waals surface area contributed by atoms with E-state index in [1.54, 1.807) is 18.2 Å². The third-order valence-electron chi connectivity index (χ3n) is 4.15. The summed E-state index contributed by atoms with van der Waals surface area (Å²) in [5.74, 6) is -1.10. The van der Waals surface area contributed by atoms with Crippen LogP contribution in [0.2, 0.25) is 0 Å². The van der Waals surface area contributed by atoms with Crippen molar-refractivity contribution in [3.05, 3.63) is 35.4 Å². The van der Waals surface area contributed by atoms with Crippen LogP contribution >= 0.6 is 11.8 Å². The molecule has 0 unspecified atom stereocenters. The minimum Gasteiger partial charge on any atom is -0.478 e. The molecule has 1 aliphatic rings. The van der Waals surface area contributed by atoms with E-state index < -0.39 is 5.97 Å². The van der Waals surface area contributed by atoms with Gasteiger partial charge >= 0.3 is 5.97 Å². The van der Waals surface area contributed by atoms with Gasteiger partial charge in [-0.15, -0.1) is 0 Å². The van der Waals surface area contributed by atoms with E-state index in [0.29, 0.717) is 12.1 Å². The van der Waals surface area contributed by atoms with Crippen molar-refractivity contribution in [3.63, 3.8) is 0 Å². The molecule has 1 amide bonds. The van der Waals surface area contributed by atoms with Crippen LogP contribution in [-0.2, 0) is 11.2 Å². The second kappa shape index (κ2) is 6.98. The predicted octanol–water partition coefficient (Wildman–Crippen LogP) is 2.72. The lowest BCUT2D eigenvalue weighted by molar-refractivity contribution is -0.120. The molecule has 1 aromatic carbocycles. The number of amides is 1. The first-order valence-corrected chi connectivity index (χ1v) is 8.42. The molecule has 0 aromatic heterocycles. The Kier molecular flexibility index (Phi) is 5.28. The number of carboxylic acid groups (broad SMARTS) is 1. The zero-order valence-corrected chi connectivity index (χ0v) is 13.0. The molecule has 1 saturated carbocycles. The molecule has 0 aliphatic heterocycles. The molecule has 0 bridgehead atoms. The Bertz CT molecular complexity index is 524. The average Bonchev–Trinajstić information content (AvgIpc) is 2.95. The Morgan fingerprint density at radius 2 is 1.95 bits per heavy atom. The Morgan fingerprint density at radius 3 is 2.57 bits per heavy atom. The number of nitrogens with one attached hydrogen (secondary N) is 1. The van der Waals surface area contributed by atoms with Crippen molar-refractivity contribution in [2.24, 2.45) is 0 Å². The van der Waals surface area contributed by atoms with Crippen molar-refractivity contribution in [3.8, 4) is 0 Å². The van der Waals surface area contributed by atoms with Crippen molar-refractivity contribution in [2.75, 3.05) is 12.8 Å². The van der Waals surface area contributed by atoms with E-state index in [1.165, 1.54) is 18.9 Å². The second-order valence-corrected chi connectivity index (χ2v) is 6.78. The number of hydrogen-bond acceptors (Lipinski definition) is 3. The molecule has 2 N–H and O–H groups in total. The minimum atomic E-state index is -0.991. The van der Waals surface area contributed by atoms with Crippen LogP contribution in [0.4, 0.5) is 0 Å². The fourth-order valence-corrected chi connectivity index (χ4v) is 3.76. The van der Waals surface area contributed by atoms with Crippen LogP contribution in [0, 0.1) is 0 Å². The van der Waals surface area contributed by atoms with Crippen LogP contribution < -0.4 is 5.32 Å². The van der Waals surface area contributed by atoms with Crippen molar-refractivity contribution < 1.29 is 14.7 Å². The molecule has 21 heavy (non-hydrogen) atoms. The zero-order chi connectivity index (χ0) is 15.3. The van der Waals surface area contributed by atoms with Gasteiger partial charge in [0.15, 0.2) is 0 Å². The van der Waals surface area contributed by atoms with E-state index >= 15 is 0 Å². The number of benzene rings is 1. The van der Waals surface area contributed by atoms with Gasteiger partial charge in [-0.2, -0.15) is 11.8 Å². The van der Waals surface area contributed by atoms with E-state index in [0.717, 1.165) is 12.8 Å². The molecular weight excluding hydrogens is 286 g/mol. The summed E-state index contributed by atoms with van der Waals surface area (Å²) < 4.78 is 0.169. The highest BCUT2D eigenvalue weighted by Crippen LogP contribution is 2.39. The minimum absolute atomic E-state index is 0.107. The number of thioether (sulfide) groups is 1. The van der Waals surface area contributed by atoms with Crippen molar-refractivity contribution in [2.45, 2.75) is 36.9 Å². The summed E-state index contributed by atoms with van der Waals surface area (Å²) in [6.45, 7) is 0.669. The summed E-state index contributed by atoms with van der Waals surface area (Å²) in [6.07, 6.45) is 6.93. The summed E-state index contributed by atoms with van der Waals surface area (Å²) >= 11 is 1.83. The van der Waals surface area contributed by atoms with Crippen LogP contribution in [-0.4, -0.2) is 34.5 Å². The number of aromatic carboxylic acids is 1. The van der Waals surface area contributed by atoms with Crippen LogP contribution in [0.25, 0.3) is 0 Å². The molecule has 0 radical (unpaired) electrons. The maximum Gasteiger partial charge on any atom is 0.335 e. The average molecular weight is 307 g/mol. The van der Waals surface area contributed by atoms with Gasteiger partial charge < -0.3 is 10.4 Å². The van der Waals surface area contributed by atoms with Gasteiger partial charge in [0.05, 0.1) is 12.0 Å². The number of carbonyl (C=O) groups excluding carboxylic acids is 1. The largest absolute Gasteiger partial charge is 0.478 e. The highest BCUT2D eigenvalue weighted by molar-refractivity contribution is 8.00. The van der Waals surface area contributed by atoms with E-state index in [-0.39, 0.29) is 22.6 Å². The van der Waals surface area contributed by atoms with Crippen LogP contribution in [0.1, 0.15) is 41.6 Å². The molecule has 4 nitrogen and oxygen atoms in total. The normalized spacial score (nSPS) is 16.6. The van der Waals surface area contributed by atoms with Crippen LogP contribution in [0.5, 0.6) is 0 Å². The van der Waals surface area contributed by atoms with E-state index in [9.17, 15) is 9.59 Å². The van der Waals surface area contributed by atoms with Crippen molar-refractivity contribution in [1.29, 1.82) is 0 Å². The van der Waals surface area contributed by atoms with Gasteiger partial charge in [-0.3, -0.25) is 4.79 Å². The van der Waals surface area contributed by atoms with Gasteiger partial charge in [0.1, 0.15) is 0 Å². The van der Waals surface area contributed by atoms with Crippen molar-refractivity contribution >= 4 is 23.6 Å². The summed E-state index contributed by atoms with van der Waals surface area (Å²) in [5, 5.41) is 12.1. The molecule has 5 heteroatoms. The highest BCUT2D eigenvalue weighted by Gasteiger charge is 2.33. The van der Waals surface area contributed by atoms with E-state index in [2.05, 4.69) is 11.6 Å². The van der Waals surface area contributed by atoms with Gasteiger partial charge in [0, 0.05) is 11.3 Å². The number of carbonyl (C=O) groups is 2. The van der Waals surface area contributed by atoms with Gasteiger partial charge in [-0.1, -0.05) is 31.0 Å². The monoisotopic (exact) mass is 307 g/mol. The lowest BCUT2D eigenvalue weighted by atomic mass is 10.0. The predicted molar refractivity (Wildman–Crippen MR) is 84.8 cm³/mol. The topological polar surface area (TPSA) is 66.4 Å². The summed E-state index contributed by atoms with van der Waals surface area (Å²) in [5.41, 5.74) is 0.764. The summed E-state index contributed by atoms with van der Waals surface area (Å²) in [6, 6.07) is 6.66. The Labute approximate surface area is 129 Å². The first-order valence-electron chi connectivity index (χ1n) is 7.19. The first-order chi connectivity index (χ1) is 10.1. The molecule has 2 rings (SSSR count). The van der Waals surface area contributed by atoms with Crippen molar-refractivity contribution in [1.82, 2.24) is 5.32 Å². The van der Waals surface area contributed by atoms with Gasteiger partial charge in [0.25, 0.3) is 0 Å². The Morgan fingerprint density at radius 1 is 1.29 bits per heavy atom. The van der Waals surface area contributed by atoms with Gasteiger partial charge in [0.2, 0.25) is 5.91 Å². The van der Waals surface area contributed by atoms with Crippen LogP contribution in [0.3, 0.4) is 0 Å². The molecule has 1 fully saturated rings. The maximum atomic E-state index is 12.1. The number of hydrogen-bond donors (Lipinski definition) is 2. The molecular formula is C16H21NO3S. The standard InChI is InChI=1S/C16H21NO3S/c1-21-16(8-4-5-9-16)11-17-14(18)10-12-6-2-3-7-13(12)15(19)20/h2-3,6-7H,4-5,8-11H2,1H3,(H,17,18)(H,19,20). The molecule has 114 valence electrons. The van der Waals surface area contributed by atoms with E-state index in [1.807, 2.05) is 11.8 Å². The zero-order valence-electron chi connectivity index (χ0n) is 12.2. The molecule has 0 atom stereocenters. The maximum absolute atomic E-state index is 12.1. The smallest absolute Gasteiger partial charge is 0.335 e. The summed E-state index contributed by atoms with van der Waals surface area (Å²) in [4.78, 5) is 23.2. The fraction of sp³-hybridized carbons (Fsp3) is 0.500. The fourth-order valence-electron chi connectivity index (χ4n) is 2.85. The van der Waals surface area contributed by atoms with Gasteiger partial charge in [-0.25, -0.2) is 4.79 Å². The SMILES string of the molecule is CSC1(CNC(=O)Cc2ccccc2C(=O)O)CCCC1. The lowest BCUT2D eigenvalue weighted by Crippen LogP contribution is -2.39. The number of carboxylic acids is 1. The van der Waals surface area contributed by atoms with E-state index in [4.69, 9.17) is 5.11 Å². The van der Waals surface area contributed by atoms with Gasteiger partial charge in [-0.05, 0) is 30.7 Å². The quantitative estimate of drug-likeness (QED) is 0.848.